The molecule has 0 aliphatic heterocycles. The molecule has 0 saturated heterocycles. The zero-order chi connectivity index (χ0) is 8.27. The van der Waals surface area contributed by atoms with E-state index in [0.717, 1.165) is 23.2 Å². The van der Waals surface area contributed by atoms with Crippen molar-refractivity contribution in [3.63, 3.8) is 0 Å². The van der Waals surface area contributed by atoms with Gasteiger partial charge in [-0.15, -0.1) is 0 Å². The molecular formula is C10H11N. The summed E-state index contributed by atoms with van der Waals surface area (Å²) >= 11 is 0. The molecule has 0 amide bonds. The van der Waals surface area contributed by atoms with Crippen molar-refractivity contribution in [3.05, 3.63) is 40.7 Å². The van der Waals surface area contributed by atoms with Gasteiger partial charge in [-0.3, -0.25) is 0 Å². The minimum absolute atomic E-state index is 0.829. The lowest BCUT2D eigenvalue weighted by molar-refractivity contribution is 1.14. The highest BCUT2D eigenvalue weighted by molar-refractivity contribution is 5.57. The van der Waals surface area contributed by atoms with E-state index < -0.39 is 0 Å². The third kappa shape index (κ3) is 1.40. The van der Waals surface area contributed by atoms with Gasteiger partial charge in [-0.1, -0.05) is 25.1 Å². The van der Waals surface area contributed by atoms with E-state index in [4.69, 9.17) is 6.57 Å². The Labute approximate surface area is 67.5 Å². The second-order valence-corrected chi connectivity index (χ2v) is 2.55. The lowest BCUT2D eigenvalue weighted by atomic mass is 10.1. The highest BCUT2D eigenvalue weighted by Gasteiger charge is 2.01. The van der Waals surface area contributed by atoms with Gasteiger partial charge in [-0.2, -0.15) is 0 Å². The number of hydrogen-bond donors (Lipinski definition) is 0. The topological polar surface area (TPSA) is 4.36 Å². The molecule has 56 valence electrons. The zero-order valence-electron chi connectivity index (χ0n) is 6.89. The third-order valence-electron chi connectivity index (χ3n) is 1.81. The van der Waals surface area contributed by atoms with Gasteiger partial charge in [0.15, 0.2) is 5.69 Å². The summed E-state index contributed by atoms with van der Waals surface area (Å²) in [5, 5.41) is 0. The fourth-order valence-electron chi connectivity index (χ4n) is 1.17. The van der Waals surface area contributed by atoms with E-state index in [0.29, 0.717) is 0 Å². The predicted octanol–water partition coefficient (Wildman–Crippen LogP) is 3.11. The van der Waals surface area contributed by atoms with Crippen LogP contribution >= 0.6 is 0 Å². The molecule has 0 unspecified atom stereocenters. The molecule has 0 spiro atoms. The van der Waals surface area contributed by atoms with E-state index in [1.807, 2.05) is 25.1 Å². The van der Waals surface area contributed by atoms with E-state index in [-0.39, 0.29) is 0 Å². The first kappa shape index (κ1) is 7.81. The van der Waals surface area contributed by atoms with Crippen LogP contribution < -0.4 is 0 Å². The van der Waals surface area contributed by atoms with Crippen LogP contribution in [0.25, 0.3) is 4.85 Å². The summed E-state index contributed by atoms with van der Waals surface area (Å²) in [5.41, 5.74) is 3.06. The van der Waals surface area contributed by atoms with Crippen LogP contribution in [-0.2, 0) is 6.42 Å². The number of aryl methyl sites for hydroxylation is 2. The Morgan fingerprint density at radius 3 is 2.64 bits per heavy atom. The molecule has 0 heterocycles. The van der Waals surface area contributed by atoms with Crippen molar-refractivity contribution < 1.29 is 0 Å². The molecule has 0 fully saturated rings. The van der Waals surface area contributed by atoms with E-state index >= 15 is 0 Å². The molecule has 0 saturated carbocycles. The molecular weight excluding hydrogens is 134 g/mol. The fraction of sp³-hybridized carbons (Fsp3) is 0.300. The second kappa shape index (κ2) is 3.21. The van der Waals surface area contributed by atoms with Crippen molar-refractivity contribution >= 4 is 5.69 Å². The van der Waals surface area contributed by atoms with Crippen molar-refractivity contribution in [2.45, 2.75) is 20.3 Å². The maximum absolute atomic E-state index is 6.95. The Morgan fingerprint density at radius 1 is 1.45 bits per heavy atom. The van der Waals surface area contributed by atoms with E-state index in [1.54, 1.807) is 0 Å². The number of rotatable bonds is 1. The Kier molecular flexibility index (Phi) is 2.28. The molecule has 1 heteroatoms. The van der Waals surface area contributed by atoms with Crippen LogP contribution in [0.15, 0.2) is 18.2 Å². The molecule has 1 nitrogen and oxygen atoms in total. The van der Waals surface area contributed by atoms with Crippen molar-refractivity contribution in [3.8, 4) is 0 Å². The van der Waals surface area contributed by atoms with Crippen LogP contribution in [0, 0.1) is 13.5 Å². The van der Waals surface area contributed by atoms with Crippen molar-refractivity contribution in [1.82, 2.24) is 0 Å². The molecule has 0 aliphatic carbocycles. The van der Waals surface area contributed by atoms with Gasteiger partial charge in [-0.05, 0) is 24.5 Å². The Balaban J connectivity index is 3.27. The van der Waals surface area contributed by atoms with Gasteiger partial charge in [0.05, 0.1) is 6.57 Å². The average molecular weight is 145 g/mol. The van der Waals surface area contributed by atoms with Gasteiger partial charge < -0.3 is 0 Å². The molecule has 0 aromatic heterocycles. The van der Waals surface area contributed by atoms with Crippen molar-refractivity contribution in [2.24, 2.45) is 0 Å². The predicted molar refractivity (Wildman–Crippen MR) is 46.8 cm³/mol. The molecule has 11 heavy (non-hydrogen) atoms. The maximum atomic E-state index is 6.95. The summed E-state index contributed by atoms with van der Waals surface area (Å²) in [6.45, 7) is 11.0. The van der Waals surface area contributed by atoms with E-state index in [1.165, 1.54) is 0 Å². The first-order chi connectivity index (χ1) is 5.29. The Hall–Kier alpha value is -1.29. The smallest absolute Gasteiger partial charge is 0.193 e. The Morgan fingerprint density at radius 2 is 2.18 bits per heavy atom. The SMILES string of the molecule is [C-]#[N+]c1c(C)cccc1CC. The highest BCUT2D eigenvalue weighted by Crippen LogP contribution is 2.23. The number of benzene rings is 1. The van der Waals surface area contributed by atoms with Crippen molar-refractivity contribution in [1.29, 1.82) is 0 Å². The first-order valence-corrected chi connectivity index (χ1v) is 3.75. The summed E-state index contributed by atoms with van der Waals surface area (Å²) in [5.74, 6) is 0. The fourth-order valence-corrected chi connectivity index (χ4v) is 1.17. The van der Waals surface area contributed by atoms with Gasteiger partial charge in [0.25, 0.3) is 0 Å². The van der Waals surface area contributed by atoms with E-state index in [2.05, 4.69) is 11.8 Å². The van der Waals surface area contributed by atoms with Crippen molar-refractivity contribution in [2.75, 3.05) is 0 Å². The zero-order valence-corrected chi connectivity index (χ0v) is 6.89. The maximum Gasteiger partial charge on any atom is 0.193 e. The normalized spacial score (nSPS) is 9.18. The Bertz CT molecular complexity index is 294. The molecule has 0 N–H and O–H groups in total. The molecule has 0 radical (unpaired) electrons. The van der Waals surface area contributed by atoms with Crippen LogP contribution in [0.4, 0.5) is 5.69 Å². The minimum atomic E-state index is 0.829. The van der Waals surface area contributed by atoms with Crippen LogP contribution in [0.2, 0.25) is 0 Å². The third-order valence-corrected chi connectivity index (χ3v) is 1.81. The quantitative estimate of drug-likeness (QED) is 0.535. The van der Waals surface area contributed by atoms with Gasteiger partial charge in [0, 0.05) is 0 Å². The first-order valence-electron chi connectivity index (χ1n) is 3.75. The highest BCUT2D eigenvalue weighted by atomic mass is 14.7. The van der Waals surface area contributed by atoms with Gasteiger partial charge in [0.1, 0.15) is 0 Å². The molecule has 0 bridgehead atoms. The average Bonchev–Trinajstić information content (AvgIpc) is 2.04. The molecule has 1 aromatic rings. The summed E-state index contributed by atoms with van der Waals surface area (Å²) in [7, 11) is 0. The second-order valence-electron chi connectivity index (χ2n) is 2.55. The van der Waals surface area contributed by atoms with Crippen LogP contribution in [-0.4, -0.2) is 0 Å². The van der Waals surface area contributed by atoms with Crippen LogP contribution in [0.5, 0.6) is 0 Å². The minimum Gasteiger partial charge on any atom is -0.238 e. The monoisotopic (exact) mass is 145 g/mol. The van der Waals surface area contributed by atoms with Crippen LogP contribution in [0.3, 0.4) is 0 Å². The standard InChI is InChI=1S/C10H11N/c1-4-9-7-5-6-8(2)10(9)11-3/h5-7H,4H2,1-2H3. The lowest BCUT2D eigenvalue weighted by Crippen LogP contribution is -1.81. The van der Waals surface area contributed by atoms with Crippen LogP contribution in [0.1, 0.15) is 18.1 Å². The van der Waals surface area contributed by atoms with Gasteiger partial charge in [-0.25, -0.2) is 4.85 Å². The van der Waals surface area contributed by atoms with E-state index in [9.17, 15) is 0 Å². The number of hydrogen-bond acceptors (Lipinski definition) is 0. The summed E-state index contributed by atoms with van der Waals surface area (Å²) < 4.78 is 0. The number of para-hydroxylation sites is 1. The largest absolute Gasteiger partial charge is 0.238 e. The summed E-state index contributed by atoms with van der Waals surface area (Å²) in [6, 6.07) is 6.00. The molecule has 1 rings (SSSR count). The summed E-state index contributed by atoms with van der Waals surface area (Å²) in [4.78, 5) is 3.49. The lowest BCUT2D eigenvalue weighted by Gasteiger charge is -2.01. The summed E-state index contributed by atoms with van der Waals surface area (Å²) in [6.07, 6.45) is 0.944. The molecule has 0 aliphatic rings. The number of nitrogens with zero attached hydrogens (tertiary/aromatic N) is 1. The van der Waals surface area contributed by atoms with Gasteiger partial charge in [0.2, 0.25) is 0 Å². The van der Waals surface area contributed by atoms with Gasteiger partial charge >= 0.3 is 0 Å². The molecule has 1 aromatic carbocycles. The molecule has 0 atom stereocenters.